The summed E-state index contributed by atoms with van der Waals surface area (Å²) in [6.45, 7) is 9.60. The van der Waals surface area contributed by atoms with Crippen molar-refractivity contribution in [2.75, 3.05) is 31.2 Å². The van der Waals surface area contributed by atoms with Gasteiger partial charge in [0.1, 0.15) is 11.1 Å². The summed E-state index contributed by atoms with van der Waals surface area (Å²) in [4.78, 5) is 19.9. The quantitative estimate of drug-likeness (QED) is 0.779. The van der Waals surface area contributed by atoms with E-state index >= 15 is 0 Å². The third-order valence-corrected chi connectivity index (χ3v) is 5.63. The molecule has 0 unspecified atom stereocenters. The average Bonchev–Trinajstić information content (AvgIpc) is 3.24. The molecule has 2 aliphatic heterocycles. The zero-order chi connectivity index (χ0) is 19.2. The van der Waals surface area contributed by atoms with Crippen LogP contribution in [0.2, 0.25) is 0 Å². The molecule has 27 heavy (non-hydrogen) atoms. The highest BCUT2D eigenvalue weighted by molar-refractivity contribution is 5.80. The number of anilines is 1. The lowest BCUT2D eigenvalue weighted by atomic mass is 9.78. The second-order valence-electron chi connectivity index (χ2n) is 8.86. The molecule has 2 aromatic heterocycles. The van der Waals surface area contributed by atoms with Gasteiger partial charge in [-0.3, -0.25) is 14.5 Å². The lowest BCUT2D eigenvalue weighted by Gasteiger charge is -2.39. The Morgan fingerprint density at radius 1 is 1.22 bits per heavy atom. The fraction of sp³-hybridized carbons (Fsp3) is 0.650. The number of nitrogens with zero attached hydrogens (tertiary/aromatic N) is 4. The van der Waals surface area contributed by atoms with Crippen molar-refractivity contribution < 1.29 is 4.74 Å². The third kappa shape index (κ3) is 3.34. The van der Waals surface area contributed by atoms with E-state index in [0.29, 0.717) is 28.1 Å². The molecule has 0 radical (unpaired) electrons. The molecular formula is C20H27N5O2. The predicted molar refractivity (Wildman–Crippen MR) is 105 cm³/mol. The zero-order valence-corrected chi connectivity index (χ0v) is 16.6. The third-order valence-electron chi connectivity index (χ3n) is 5.63. The minimum atomic E-state index is -0.155. The van der Waals surface area contributed by atoms with Crippen LogP contribution in [0.15, 0.2) is 4.79 Å². The summed E-state index contributed by atoms with van der Waals surface area (Å²) in [6.07, 6.45) is 3.29. The Bertz CT molecular complexity index is 970. The second-order valence-corrected chi connectivity index (χ2v) is 8.86. The van der Waals surface area contributed by atoms with E-state index in [9.17, 15) is 4.79 Å². The van der Waals surface area contributed by atoms with Gasteiger partial charge in [0.15, 0.2) is 5.65 Å². The standard InChI is InChI=1S/C20H27N5O2/c1-19(2,3)6-5-14-15-16(23-22-14)21-18(24(4)17(15)26)25-10-7-20(8-11-25)9-12-27-13-20/h7-13H2,1-4H3,(H,22,23). The van der Waals surface area contributed by atoms with Crippen LogP contribution in [0, 0.1) is 22.7 Å². The summed E-state index contributed by atoms with van der Waals surface area (Å²) in [6, 6.07) is 0. The van der Waals surface area contributed by atoms with Crippen molar-refractivity contribution >= 4 is 17.0 Å². The lowest BCUT2D eigenvalue weighted by Crippen LogP contribution is -2.43. The first kappa shape index (κ1) is 18.1. The molecule has 1 spiro atoms. The molecule has 0 saturated carbocycles. The summed E-state index contributed by atoms with van der Waals surface area (Å²) in [5.74, 6) is 6.87. The van der Waals surface area contributed by atoms with Crippen LogP contribution in [-0.4, -0.2) is 46.1 Å². The second kappa shape index (κ2) is 6.38. The normalized spacial score (nSPS) is 19.5. The van der Waals surface area contributed by atoms with Crippen LogP contribution in [0.4, 0.5) is 5.95 Å². The van der Waals surface area contributed by atoms with E-state index in [1.165, 1.54) is 0 Å². The van der Waals surface area contributed by atoms with E-state index in [-0.39, 0.29) is 11.0 Å². The van der Waals surface area contributed by atoms with E-state index in [1.807, 2.05) is 20.8 Å². The molecule has 0 atom stereocenters. The van der Waals surface area contributed by atoms with Crippen LogP contribution in [0.5, 0.6) is 0 Å². The Hall–Kier alpha value is -2.33. The summed E-state index contributed by atoms with van der Waals surface area (Å²) in [7, 11) is 1.78. The van der Waals surface area contributed by atoms with Gasteiger partial charge in [-0.1, -0.05) is 5.92 Å². The largest absolute Gasteiger partial charge is 0.381 e. The van der Waals surface area contributed by atoms with Crippen molar-refractivity contribution in [1.82, 2.24) is 19.7 Å². The van der Waals surface area contributed by atoms with Gasteiger partial charge >= 0.3 is 0 Å². The number of rotatable bonds is 1. The number of H-pyrrole nitrogens is 1. The number of nitrogens with one attached hydrogen (secondary N) is 1. The molecule has 144 valence electrons. The van der Waals surface area contributed by atoms with Crippen molar-refractivity contribution in [3.05, 3.63) is 16.0 Å². The molecule has 7 heteroatoms. The number of ether oxygens (including phenoxy) is 1. The van der Waals surface area contributed by atoms with Crippen molar-refractivity contribution in [3.8, 4) is 11.8 Å². The Morgan fingerprint density at radius 2 is 1.96 bits per heavy atom. The summed E-state index contributed by atoms with van der Waals surface area (Å²) in [5.41, 5.74) is 1.04. The maximum absolute atomic E-state index is 13.0. The minimum absolute atomic E-state index is 0.105. The van der Waals surface area contributed by atoms with Gasteiger partial charge in [-0.05, 0) is 51.4 Å². The van der Waals surface area contributed by atoms with Gasteiger partial charge in [0.05, 0.1) is 6.61 Å². The number of hydrogen-bond acceptors (Lipinski definition) is 5. The molecule has 4 rings (SSSR count). The van der Waals surface area contributed by atoms with Crippen LogP contribution in [0.3, 0.4) is 0 Å². The van der Waals surface area contributed by atoms with Crippen LogP contribution < -0.4 is 10.5 Å². The van der Waals surface area contributed by atoms with Crippen LogP contribution in [0.1, 0.15) is 45.7 Å². The molecule has 0 aromatic carbocycles. The molecule has 0 amide bonds. The number of aromatic amines is 1. The molecule has 2 fully saturated rings. The number of aromatic nitrogens is 4. The smallest absolute Gasteiger partial charge is 0.267 e. The fourth-order valence-corrected chi connectivity index (χ4v) is 3.89. The average molecular weight is 369 g/mol. The molecule has 2 saturated heterocycles. The van der Waals surface area contributed by atoms with Gasteiger partial charge in [0, 0.05) is 32.2 Å². The van der Waals surface area contributed by atoms with Crippen LogP contribution in [-0.2, 0) is 11.8 Å². The Kier molecular flexibility index (Phi) is 4.26. The minimum Gasteiger partial charge on any atom is -0.381 e. The first-order valence-electron chi connectivity index (χ1n) is 9.59. The van der Waals surface area contributed by atoms with Gasteiger partial charge in [0.2, 0.25) is 5.95 Å². The van der Waals surface area contributed by atoms with Crippen molar-refractivity contribution in [2.45, 2.75) is 40.0 Å². The van der Waals surface area contributed by atoms with Crippen molar-refractivity contribution in [2.24, 2.45) is 17.9 Å². The number of fused-ring (bicyclic) bond motifs is 1. The topological polar surface area (TPSA) is 76.0 Å². The molecule has 0 bridgehead atoms. The number of piperidine rings is 1. The van der Waals surface area contributed by atoms with Crippen LogP contribution in [0.25, 0.3) is 11.0 Å². The summed E-state index contributed by atoms with van der Waals surface area (Å²) >= 11 is 0. The fourth-order valence-electron chi connectivity index (χ4n) is 3.89. The van der Waals surface area contributed by atoms with Gasteiger partial charge in [0.25, 0.3) is 5.56 Å². The summed E-state index contributed by atoms with van der Waals surface area (Å²) < 4.78 is 7.24. The lowest BCUT2D eigenvalue weighted by molar-refractivity contribution is 0.133. The molecule has 1 N–H and O–H groups in total. The van der Waals surface area contributed by atoms with Crippen molar-refractivity contribution in [1.29, 1.82) is 0 Å². The van der Waals surface area contributed by atoms with E-state index in [2.05, 4.69) is 26.9 Å². The molecule has 2 aromatic rings. The highest BCUT2D eigenvalue weighted by Gasteiger charge is 2.38. The highest BCUT2D eigenvalue weighted by atomic mass is 16.5. The first-order valence-corrected chi connectivity index (χ1v) is 9.59. The van der Waals surface area contributed by atoms with E-state index in [1.54, 1.807) is 11.6 Å². The van der Waals surface area contributed by atoms with Gasteiger partial charge in [-0.15, -0.1) is 0 Å². The molecule has 7 nitrogen and oxygen atoms in total. The maximum atomic E-state index is 13.0. The first-order chi connectivity index (χ1) is 12.8. The number of hydrogen-bond donors (Lipinski definition) is 1. The van der Waals surface area contributed by atoms with Gasteiger partial charge < -0.3 is 9.64 Å². The molecule has 2 aliphatic rings. The van der Waals surface area contributed by atoms with Crippen LogP contribution >= 0.6 is 0 Å². The maximum Gasteiger partial charge on any atom is 0.267 e. The molecular weight excluding hydrogens is 342 g/mol. The Balaban J connectivity index is 1.67. The van der Waals surface area contributed by atoms with E-state index in [0.717, 1.165) is 45.6 Å². The van der Waals surface area contributed by atoms with Crippen molar-refractivity contribution in [3.63, 3.8) is 0 Å². The summed E-state index contributed by atoms with van der Waals surface area (Å²) in [5, 5.41) is 7.60. The van der Waals surface area contributed by atoms with E-state index < -0.39 is 0 Å². The van der Waals surface area contributed by atoms with E-state index in [4.69, 9.17) is 9.72 Å². The van der Waals surface area contributed by atoms with Gasteiger partial charge in [-0.25, -0.2) is 0 Å². The SMILES string of the molecule is Cn1c(N2CCC3(CCOC3)CC2)nc2[nH]nc(C#CC(C)(C)C)c2c1=O. The molecule has 0 aliphatic carbocycles. The zero-order valence-electron chi connectivity index (χ0n) is 16.6. The van der Waals surface area contributed by atoms with Gasteiger partial charge in [-0.2, -0.15) is 10.1 Å². The Labute approximate surface area is 159 Å². The monoisotopic (exact) mass is 369 g/mol. The highest BCUT2D eigenvalue weighted by Crippen LogP contribution is 2.39. The Morgan fingerprint density at radius 3 is 2.59 bits per heavy atom. The molecule has 4 heterocycles. The predicted octanol–water partition coefficient (Wildman–Crippen LogP) is 2.06.